The predicted octanol–water partition coefficient (Wildman–Crippen LogP) is 1.94. The molecule has 1 aliphatic heterocycles. The van der Waals surface area contributed by atoms with Gasteiger partial charge in [-0.1, -0.05) is 6.92 Å². The molecule has 1 saturated heterocycles. The number of likely N-dealkylation sites (tertiary alicyclic amines) is 1. The summed E-state index contributed by atoms with van der Waals surface area (Å²) in [4.78, 5) is 15.1. The number of Topliss-reactive ketones (excluding diaryl/α,β-unsaturated/α-hetero) is 1. The number of carbonyl (C=O) groups is 1. The minimum Gasteiger partial charge on any atom is -0.393 e. The number of ketones is 1. The molecule has 1 N–H and O–H groups in total. The zero-order chi connectivity index (χ0) is 14.1. The van der Waals surface area contributed by atoms with Gasteiger partial charge < -0.3 is 10.0 Å². The molecule has 4 rings (SSSR count). The summed E-state index contributed by atoms with van der Waals surface area (Å²) >= 11 is 0. The first-order valence-electron chi connectivity index (χ1n) is 8.41. The lowest BCUT2D eigenvalue weighted by molar-refractivity contribution is -0.126. The van der Waals surface area contributed by atoms with Crippen LogP contribution in [0.4, 0.5) is 0 Å². The first-order valence-corrected chi connectivity index (χ1v) is 8.41. The number of hydrogen-bond donors (Lipinski definition) is 1. The number of hydrogen-bond acceptors (Lipinski definition) is 3. The van der Waals surface area contributed by atoms with Crippen molar-refractivity contribution in [2.45, 2.75) is 45.1 Å². The number of aliphatic hydroxyl groups excluding tert-OH is 1. The molecule has 3 heteroatoms. The Balaban J connectivity index is 1.72. The minimum absolute atomic E-state index is 0.0376. The quantitative estimate of drug-likeness (QED) is 0.735. The molecule has 0 radical (unpaired) electrons. The molecule has 20 heavy (non-hydrogen) atoms. The highest BCUT2D eigenvalue weighted by Crippen LogP contribution is 2.67. The summed E-state index contributed by atoms with van der Waals surface area (Å²) < 4.78 is 0. The van der Waals surface area contributed by atoms with Gasteiger partial charge in [0.15, 0.2) is 0 Å². The van der Waals surface area contributed by atoms with Crippen LogP contribution in [0.2, 0.25) is 0 Å². The smallest absolute Gasteiger partial charge is 0.137 e. The Morgan fingerprint density at radius 1 is 1.35 bits per heavy atom. The van der Waals surface area contributed by atoms with E-state index in [2.05, 4.69) is 18.9 Å². The van der Waals surface area contributed by atoms with Gasteiger partial charge in [-0.25, -0.2) is 0 Å². The van der Waals surface area contributed by atoms with Crippen LogP contribution in [-0.2, 0) is 4.79 Å². The number of carbonyl (C=O) groups excluding carboxylic acids is 1. The van der Waals surface area contributed by atoms with E-state index >= 15 is 0 Å². The van der Waals surface area contributed by atoms with Gasteiger partial charge in [0.05, 0.1) is 6.10 Å². The maximum atomic E-state index is 12.7. The standard InChI is InChI=1S/C17H27NO2/c1-10-5-12-7-14(19)16-13-3-4-18(2)9-11(13)8-17(12,16)15(20)6-10/h10-13,15-16,20H,3-9H2,1-2H3/t10?,11-,12+,13+,15-,16+,17-/m1/s1. The van der Waals surface area contributed by atoms with Gasteiger partial charge in [-0.15, -0.1) is 0 Å². The first-order chi connectivity index (χ1) is 9.52. The molecule has 7 atom stereocenters. The molecule has 0 amide bonds. The van der Waals surface area contributed by atoms with E-state index < -0.39 is 0 Å². The molecule has 0 bridgehead atoms. The van der Waals surface area contributed by atoms with Gasteiger partial charge in [-0.05, 0) is 62.9 Å². The number of fused-ring (bicyclic) bond motifs is 2. The fourth-order valence-corrected chi connectivity index (χ4v) is 6.49. The average molecular weight is 277 g/mol. The van der Waals surface area contributed by atoms with Crippen LogP contribution in [-0.4, -0.2) is 42.0 Å². The Labute approximate surface area is 121 Å². The van der Waals surface area contributed by atoms with E-state index in [-0.39, 0.29) is 17.4 Å². The number of piperidine rings is 1. The zero-order valence-corrected chi connectivity index (χ0v) is 12.7. The molecule has 4 aliphatic rings. The highest BCUT2D eigenvalue weighted by Gasteiger charge is 2.67. The van der Waals surface area contributed by atoms with E-state index in [4.69, 9.17) is 0 Å². The normalized spacial score (nSPS) is 55.5. The number of aliphatic hydroxyl groups is 1. The van der Waals surface area contributed by atoms with Crippen molar-refractivity contribution >= 4 is 5.78 Å². The number of nitrogens with zero attached hydrogens (tertiary/aromatic N) is 1. The van der Waals surface area contributed by atoms with Crippen molar-refractivity contribution in [3.8, 4) is 0 Å². The fraction of sp³-hybridized carbons (Fsp3) is 0.941. The monoisotopic (exact) mass is 277 g/mol. The third-order valence-electron chi connectivity index (χ3n) is 7.11. The predicted molar refractivity (Wildman–Crippen MR) is 77.2 cm³/mol. The van der Waals surface area contributed by atoms with Gasteiger partial charge in [0.2, 0.25) is 0 Å². The van der Waals surface area contributed by atoms with Gasteiger partial charge in [0.25, 0.3) is 0 Å². The van der Waals surface area contributed by atoms with Crippen molar-refractivity contribution in [1.82, 2.24) is 4.90 Å². The molecule has 3 nitrogen and oxygen atoms in total. The third-order valence-corrected chi connectivity index (χ3v) is 7.11. The average Bonchev–Trinajstić information content (AvgIpc) is 2.83. The van der Waals surface area contributed by atoms with Crippen molar-refractivity contribution < 1.29 is 9.90 Å². The molecular formula is C17H27NO2. The summed E-state index contributed by atoms with van der Waals surface area (Å²) in [5.74, 6) is 2.93. The second-order valence-corrected chi connectivity index (χ2v) is 8.23. The Morgan fingerprint density at radius 2 is 2.15 bits per heavy atom. The molecule has 0 aromatic rings. The Kier molecular flexibility index (Phi) is 2.85. The van der Waals surface area contributed by atoms with Crippen LogP contribution in [0.25, 0.3) is 0 Å². The second kappa shape index (κ2) is 4.30. The molecule has 0 aromatic carbocycles. The lowest BCUT2D eigenvalue weighted by Crippen LogP contribution is -2.47. The van der Waals surface area contributed by atoms with E-state index in [0.29, 0.717) is 29.5 Å². The summed E-state index contributed by atoms with van der Waals surface area (Å²) in [6.45, 7) is 4.49. The van der Waals surface area contributed by atoms with Crippen molar-refractivity contribution in [3.05, 3.63) is 0 Å². The lowest BCUT2D eigenvalue weighted by atomic mass is 9.60. The topological polar surface area (TPSA) is 40.5 Å². The molecule has 0 aromatic heterocycles. The molecule has 4 fully saturated rings. The molecule has 112 valence electrons. The van der Waals surface area contributed by atoms with Crippen molar-refractivity contribution in [2.75, 3.05) is 20.1 Å². The van der Waals surface area contributed by atoms with Gasteiger partial charge in [0, 0.05) is 24.3 Å². The summed E-state index contributed by atoms with van der Waals surface area (Å²) in [5, 5.41) is 10.9. The molecular weight excluding hydrogens is 250 g/mol. The van der Waals surface area contributed by atoms with E-state index in [1.807, 2.05) is 0 Å². The van der Waals surface area contributed by atoms with Crippen LogP contribution in [0.15, 0.2) is 0 Å². The molecule has 1 spiro atoms. The zero-order valence-electron chi connectivity index (χ0n) is 12.7. The van der Waals surface area contributed by atoms with Crippen LogP contribution >= 0.6 is 0 Å². The third kappa shape index (κ3) is 1.57. The second-order valence-electron chi connectivity index (χ2n) is 8.23. The highest BCUT2D eigenvalue weighted by atomic mass is 16.3. The SMILES string of the molecule is CC1C[C@H]2CC(=O)[C@@H]3[C@H]4CCN(C)C[C@H]4C[C@]23[C@H](O)C1. The Morgan fingerprint density at radius 3 is 2.95 bits per heavy atom. The maximum absolute atomic E-state index is 12.7. The van der Waals surface area contributed by atoms with Gasteiger partial charge in [-0.3, -0.25) is 4.79 Å². The van der Waals surface area contributed by atoms with E-state index in [1.165, 1.54) is 0 Å². The summed E-state index contributed by atoms with van der Waals surface area (Å²) in [7, 11) is 2.20. The Bertz CT molecular complexity index is 437. The van der Waals surface area contributed by atoms with E-state index in [1.54, 1.807) is 0 Å². The molecule has 1 unspecified atom stereocenters. The van der Waals surface area contributed by atoms with E-state index in [9.17, 15) is 9.90 Å². The molecule has 1 heterocycles. The van der Waals surface area contributed by atoms with Crippen molar-refractivity contribution in [1.29, 1.82) is 0 Å². The summed E-state index contributed by atoms with van der Waals surface area (Å²) in [6, 6.07) is 0. The van der Waals surface area contributed by atoms with Crippen LogP contribution in [0, 0.1) is 35.0 Å². The summed E-state index contributed by atoms with van der Waals surface area (Å²) in [5.41, 5.74) is -0.0376. The van der Waals surface area contributed by atoms with Gasteiger partial charge in [0.1, 0.15) is 5.78 Å². The van der Waals surface area contributed by atoms with Crippen LogP contribution in [0.3, 0.4) is 0 Å². The van der Waals surface area contributed by atoms with Crippen molar-refractivity contribution in [2.24, 2.45) is 35.0 Å². The lowest BCUT2D eigenvalue weighted by Gasteiger charge is -2.46. The largest absolute Gasteiger partial charge is 0.393 e. The first kappa shape index (κ1) is 13.3. The maximum Gasteiger partial charge on any atom is 0.137 e. The van der Waals surface area contributed by atoms with E-state index in [0.717, 1.165) is 45.2 Å². The minimum atomic E-state index is -0.233. The summed E-state index contributed by atoms with van der Waals surface area (Å²) in [6.07, 6.45) is 4.86. The van der Waals surface area contributed by atoms with Gasteiger partial charge in [-0.2, -0.15) is 0 Å². The number of rotatable bonds is 0. The van der Waals surface area contributed by atoms with Gasteiger partial charge >= 0.3 is 0 Å². The van der Waals surface area contributed by atoms with Crippen LogP contribution < -0.4 is 0 Å². The van der Waals surface area contributed by atoms with Crippen molar-refractivity contribution in [3.63, 3.8) is 0 Å². The molecule has 3 aliphatic carbocycles. The van der Waals surface area contributed by atoms with Crippen LogP contribution in [0.5, 0.6) is 0 Å². The Hall–Kier alpha value is -0.410. The highest BCUT2D eigenvalue weighted by molar-refractivity contribution is 5.86. The molecule has 3 saturated carbocycles. The van der Waals surface area contributed by atoms with Crippen LogP contribution in [0.1, 0.15) is 39.0 Å². The fourth-order valence-electron chi connectivity index (χ4n) is 6.49.